The Bertz CT molecular complexity index is 208. The van der Waals surface area contributed by atoms with Crippen LogP contribution in [0.3, 0.4) is 0 Å². The van der Waals surface area contributed by atoms with Crippen molar-refractivity contribution in [3.63, 3.8) is 0 Å². The number of carbonyl (C=O) groups excluding carboxylic acids is 2. The van der Waals surface area contributed by atoms with E-state index >= 15 is 0 Å². The molecule has 1 fully saturated rings. The number of amides is 2. The Kier molecular flexibility index (Phi) is 2.68. The molecule has 1 saturated heterocycles. The molecule has 0 bridgehead atoms. The molecule has 1 aliphatic rings. The summed E-state index contributed by atoms with van der Waals surface area (Å²) in [6, 6.07) is -0.350. The predicted octanol–water partition coefficient (Wildman–Crippen LogP) is 0.119. The minimum atomic E-state index is -0.380. The van der Waals surface area contributed by atoms with Gasteiger partial charge in [0.05, 0.1) is 0 Å². The number of primary amides is 1. The normalized spacial score (nSPS) is 22.8. The van der Waals surface area contributed by atoms with Crippen LogP contribution in [0.2, 0.25) is 0 Å². The molecule has 0 aliphatic carbocycles. The topological polar surface area (TPSA) is 63.4 Å². The van der Waals surface area contributed by atoms with E-state index in [2.05, 4.69) is 0 Å². The third-order valence-electron chi connectivity index (χ3n) is 2.20. The van der Waals surface area contributed by atoms with Gasteiger partial charge in [0.15, 0.2) is 0 Å². The third kappa shape index (κ3) is 1.57. The van der Waals surface area contributed by atoms with Crippen molar-refractivity contribution in [2.24, 2.45) is 5.73 Å². The van der Waals surface area contributed by atoms with Crippen molar-refractivity contribution in [3.05, 3.63) is 0 Å². The summed E-state index contributed by atoms with van der Waals surface area (Å²) in [6.45, 7) is 2.47. The van der Waals surface area contributed by atoms with Crippen molar-refractivity contribution in [1.29, 1.82) is 0 Å². The summed E-state index contributed by atoms with van der Waals surface area (Å²) >= 11 is 0. The lowest BCUT2D eigenvalue weighted by Crippen LogP contribution is -2.43. The second-order valence-electron chi connectivity index (χ2n) is 3.00. The Morgan fingerprint density at radius 1 is 1.67 bits per heavy atom. The molecule has 4 nitrogen and oxygen atoms in total. The zero-order valence-corrected chi connectivity index (χ0v) is 7.25. The zero-order valence-electron chi connectivity index (χ0n) is 7.25. The van der Waals surface area contributed by atoms with Crippen LogP contribution >= 0.6 is 0 Å². The maximum absolute atomic E-state index is 11.2. The average molecular weight is 172 g/mol. The fourth-order valence-electron chi connectivity index (χ4n) is 1.56. The standard InChI is InChI=1S/C8H14N2O2.H2/c1-2-7(11)10-5-3-4-6(10)8(9)12;/h6H,2-5H2,1H3,(H2,9,12);1H/t6-;/m0./s1. The second kappa shape index (κ2) is 3.56. The van der Waals surface area contributed by atoms with Gasteiger partial charge in [-0.1, -0.05) is 6.92 Å². The van der Waals surface area contributed by atoms with Crippen molar-refractivity contribution in [2.75, 3.05) is 6.54 Å². The maximum Gasteiger partial charge on any atom is 0.240 e. The van der Waals surface area contributed by atoms with Crippen molar-refractivity contribution >= 4 is 11.8 Å². The van der Waals surface area contributed by atoms with Crippen molar-refractivity contribution < 1.29 is 11.0 Å². The zero-order chi connectivity index (χ0) is 9.14. The number of nitrogens with zero attached hydrogens (tertiary/aromatic N) is 1. The Hall–Kier alpha value is -1.06. The van der Waals surface area contributed by atoms with Crippen LogP contribution in [0.15, 0.2) is 0 Å². The molecule has 0 saturated carbocycles. The third-order valence-corrected chi connectivity index (χ3v) is 2.20. The lowest BCUT2D eigenvalue weighted by molar-refractivity contribution is -0.137. The first-order chi connectivity index (χ1) is 5.66. The van der Waals surface area contributed by atoms with Crippen LogP contribution in [-0.4, -0.2) is 29.3 Å². The fourth-order valence-corrected chi connectivity index (χ4v) is 1.56. The number of rotatable bonds is 2. The van der Waals surface area contributed by atoms with Gasteiger partial charge in [-0.15, -0.1) is 0 Å². The molecule has 1 heterocycles. The van der Waals surface area contributed by atoms with Gasteiger partial charge in [-0.3, -0.25) is 9.59 Å². The highest BCUT2D eigenvalue weighted by molar-refractivity contribution is 5.87. The smallest absolute Gasteiger partial charge is 0.240 e. The molecule has 12 heavy (non-hydrogen) atoms. The van der Waals surface area contributed by atoms with Crippen LogP contribution in [0, 0.1) is 0 Å². The van der Waals surface area contributed by atoms with E-state index in [0.29, 0.717) is 13.0 Å². The summed E-state index contributed by atoms with van der Waals surface area (Å²) < 4.78 is 0. The van der Waals surface area contributed by atoms with Gasteiger partial charge >= 0.3 is 0 Å². The minimum Gasteiger partial charge on any atom is -0.368 e. The van der Waals surface area contributed by atoms with E-state index in [1.165, 1.54) is 0 Å². The molecule has 0 aromatic rings. The Balaban J connectivity index is 0.00000144. The van der Waals surface area contributed by atoms with E-state index in [-0.39, 0.29) is 19.3 Å². The van der Waals surface area contributed by atoms with Crippen LogP contribution < -0.4 is 5.73 Å². The van der Waals surface area contributed by atoms with Crippen LogP contribution in [0.4, 0.5) is 0 Å². The summed E-state index contributed by atoms with van der Waals surface area (Å²) in [7, 11) is 0. The second-order valence-corrected chi connectivity index (χ2v) is 3.00. The molecular weight excluding hydrogens is 156 g/mol. The molecule has 4 heteroatoms. The summed E-state index contributed by atoms with van der Waals surface area (Å²) in [6.07, 6.45) is 2.06. The van der Waals surface area contributed by atoms with Crippen molar-refractivity contribution in [1.82, 2.24) is 4.90 Å². The van der Waals surface area contributed by atoms with E-state index in [1.54, 1.807) is 11.8 Å². The number of carbonyl (C=O) groups is 2. The minimum absolute atomic E-state index is 0. The van der Waals surface area contributed by atoms with Gasteiger partial charge in [0.2, 0.25) is 11.8 Å². The summed E-state index contributed by atoms with van der Waals surface area (Å²) in [4.78, 5) is 23.7. The lowest BCUT2D eigenvalue weighted by Gasteiger charge is -2.21. The highest BCUT2D eigenvalue weighted by Gasteiger charge is 2.31. The molecule has 1 aliphatic heterocycles. The van der Waals surface area contributed by atoms with Gasteiger partial charge in [-0.25, -0.2) is 0 Å². The quantitative estimate of drug-likeness (QED) is 0.643. The van der Waals surface area contributed by atoms with Crippen LogP contribution in [0.25, 0.3) is 0 Å². The van der Waals surface area contributed by atoms with Gasteiger partial charge in [0.1, 0.15) is 6.04 Å². The molecule has 1 rings (SSSR count). The van der Waals surface area contributed by atoms with E-state index in [4.69, 9.17) is 5.73 Å². The Morgan fingerprint density at radius 3 is 2.83 bits per heavy atom. The van der Waals surface area contributed by atoms with E-state index in [9.17, 15) is 9.59 Å². The maximum atomic E-state index is 11.2. The van der Waals surface area contributed by atoms with Gasteiger partial charge in [-0.2, -0.15) is 0 Å². The lowest BCUT2D eigenvalue weighted by atomic mass is 10.2. The van der Waals surface area contributed by atoms with Crippen LogP contribution in [0.5, 0.6) is 0 Å². The fraction of sp³-hybridized carbons (Fsp3) is 0.750. The molecule has 2 N–H and O–H groups in total. The highest BCUT2D eigenvalue weighted by atomic mass is 16.2. The number of hydrogen-bond donors (Lipinski definition) is 1. The summed E-state index contributed by atoms with van der Waals surface area (Å²) in [5.74, 6) is -0.356. The van der Waals surface area contributed by atoms with Gasteiger partial charge in [0, 0.05) is 14.4 Å². The summed E-state index contributed by atoms with van der Waals surface area (Å²) in [5.41, 5.74) is 5.15. The molecule has 0 aromatic heterocycles. The monoisotopic (exact) mass is 172 g/mol. The van der Waals surface area contributed by atoms with Crippen LogP contribution in [-0.2, 0) is 9.59 Å². The Labute approximate surface area is 73.2 Å². The van der Waals surface area contributed by atoms with Gasteiger partial charge < -0.3 is 10.6 Å². The summed E-state index contributed by atoms with van der Waals surface area (Å²) in [5, 5.41) is 0. The molecule has 70 valence electrons. The predicted molar refractivity (Wildman–Crippen MR) is 46.3 cm³/mol. The van der Waals surface area contributed by atoms with E-state index < -0.39 is 0 Å². The largest absolute Gasteiger partial charge is 0.368 e. The Morgan fingerprint density at radius 2 is 2.33 bits per heavy atom. The molecule has 0 unspecified atom stereocenters. The van der Waals surface area contributed by atoms with Crippen molar-refractivity contribution in [3.8, 4) is 0 Å². The molecule has 0 spiro atoms. The molecule has 0 aromatic carbocycles. The van der Waals surface area contributed by atoms with E-state index in [0.717, 1.165) is 12.8 Å². The first kappa shape index (κ1) is 9.03. The molecule has 2 amide bonds. The number of likely N-dealkylation sites (tertiary alicyclic amines) is 1. The van der Waals surface area contributed by atoms with Gasteiger partial charge in [-0.05, 0) is 12.8 Å². The van der Waals surface area contributed by atoms with E-state index in [1.807, 2.05) is 0 Å². The molecule has 1 atom stereocenters. The van der Waals surface area contributed by atoms with Crippen molar-refractivity contribution in [2.45, 2.75) is 32.2 Å². The first-order valence-electron chi connectivity index (χ1n) is 4.25. The number of nitrogens with two attached hydrogens (primary N) is 1. The first-order valence-corrected chi connectivity index (χ1v) is 4.25. The average Bonchev–Trinajstić information content (AvgIpc) is 2.50. The number of hydrogen-bond acceptors (Lipinski definition) is 2. The highest BCUT2D eigenvalue weighted by Crippen LogP contribution is 2.17. The molecule has 0 radical (unpaired) electrons. The molecular formula is C8H16N2O2. The van der Waals surface area contributed by atoms with Gasteiger partial charge in [0.25, 0.3) is 0 Å². The van der Waals surface area contributed by atoms with Crippen LogP contribution in [0.1, 0.15) is 27.6 Å². The SMILES string of the molecule is CCC(=O)N1CCC[C@H]1C(N)=O.[HH].